The van der Waals surface area contributed by atoms with E-state index in [9.17, 15) is 0 Å². The molecule has 1 heterocycles. The van der Waals surface area contributed by atoms with Gasteiger partial charge in [-0.15, -0.1) is 24.0 Å². The minimum atomic E-state index is 0. The zero-order valence-corrected chi connectivity index (χ0v) is 18.0. The Bertz CT molecular complexity index is 372. The highest BCUT2D eigenvalue weighted by Gasteiger charge is 2.26. The zero-order chi connectivity index (χ0) is 15.9. The van der Waals surface area contributed by atoms with Crippen molar-refractivity contribution in [2.24, 2.45) is 4.99 Å². The molecule has 2 aliphatic rings. The number of nitrogens with one attached hydrogen (secondary N) is 2. The van der Waals surface area contributed by atoms with Gasteiger partial charge in [0.2, 0.25) is 0 Å². The van der Waals surface area contributed by atoms with Gasteiger partial charge in [0.25, 0.3) is 0 Å². The Morgan fingerprint density at radius 3 is 2.83 bits per heavy atom. The molecule has 2 fully saturated rings. The summed E-state index contributed by atoms with van der Waals surface area (Å²) in [6, 6.07) is 1.55. The second-order valence-electron chi connectivity index (χ2n) is 6.48. The van der Waals surface area contributed by atoms with Gasteiger partial charge in [0, 0.05) is 43.5 Å². The highest BCUT2D eigenvalue weighted by molar-refractivity contribution is 14.0. The van der Waals surface area contributed by atoms with Crippen molar-refractivity contribution in [1.82, 2.24) is 15.5 Å². The third kappa shape index (κ3) is 6.59. The molecule has 1 saturated carbocycles. The van der Waals surface area contributed by atoms with Crippen LogP contribution in [0.4, 0.5) is 0 Å². The second kappa shape index (κ2) is 11.0. The van der Waals surface area contributed by atoms with Crippen molar-refractivity contribution in [2.45, 2.75) is 56.5 Å². The first-order valence-corrected chi connectivity index (χ1v) is 9.76. The summed E-state index contributed by atoms with van der Waals surface area (Å²) < 4.78 is 5.52. The van der Waals surface area contributed by atoms with Crippen LogP contribution >= 0.6 is 35.7 Å². The van der Waals surface area contributed by atoms with Crippen LogP contribution in [0.25, 0.3) is 0 Å². The lowest BCUT2D eigenvalue weighted by atomic mass is 10.2. The number of nitrogens with zero attached hydrogens (tertiary/aromatic N) is 2. The number of morpholine rings is 1. The monoisotopic (exact) mass is 456 g/mol. The quantitative estimate of drug-likeness (QED) is 0.377. The van der Waals surface area contributed by atoms with Crippen LogP contribution < -0.4 is 10.6 Å². The summed E-state index contributed by atoms with van der Waals surface area (Å²) in [6.07, 6.45) is 6.03. The lowest BCUT2D eigenvalue weighted by molar-refractivity contribution is -0.0174. The van der Waals surface area contributed by atoms with E-state index in [0.717, 1.165) is 37.5 Å². The van der Waals surface area contributed by atoms with E-state index < -0.39 is 0 Å². The zero-order valence-electron chi connectivity index (χ0n) is 14.9. The molecular weight excluding hydrogens is 423 g/mol. The van der Waals surface area contributed by atoms with Crippen LogP contribution in [0.5, 0.6) is 0 Å². The van der Waals surface area contributed by atoms with Gasteiger partial charge in [-0.2, -0.15) is 11.8 Å². The average molecular weight is 456 g/mol. The molecule has 0 aromatic rings. The van der Waals surface area contributed by atoms with Gasteiger partial charge < -0.3 is 15.4 Å². The molecule has 0 spiro atoms. The van der Waals surface area contributed by atoms with Crippen LogP contribution in [0.15, 0.2) is 4.99 Å². The summed E-state index contributed by atoms with van der Waals surface area (Å²) in [6.45, 7) is 8.15. The lowest BCUT2D eigenvalue weighted by Crippen LogP contribution is -2.53. The SMILES string of the molecule is CN=C(NCC(C)N1CCOCC1C)NC1CCC(SC)C1.I. The standard InChI is InChI=1S/C16H32N4OS.HI/c1-12(20-7-8-21-11-13(20)2)10-18-16(17-3)19-14-5-6-15(9-14)22-4;/h12-15H,5-11H2,1-4H3,(H2,17,18,19);1H. The Kier molecular flexibility index (Phi) is 10.2. The van der Waals surface area contributed by atoms with E-state index >= 15 is 0 Å². The molecule has 1 aliphatic carbocycles. The van der Waals surface area contributed by atoms with Crippen molar-refractivity contribution >= 4 is 41.7 Å². The predicted molar refractivity (Wildman–Crippen MR) is 111 cm³/mol. The largest absolute Gasteiger partial charge is 0.379 e. The first-order valence-electron chi connectivity index (χ1n) is 8.47. The number of ether oxygens (including phenoxy) is 1. The van der Waals surface area contributed by atoms with Crippen LogP contribution in [-0.4, -0.2) is 73.8 Å². The van der Waals surface area contributed by atoms with E-state index in [1.807, 2.05) is 18.8 Å². The van der Waals surface area contributed by atoms with Gasteiger partial charge in [-0.25, -0.2) is 0 Å². The number of rotatable bonds is 5. The Labute approximate surface area is 162 Å². The number of aliphatic imine (C=N–C) groups is 1. The molecule has 136 valence electrons. The number of thioether (sulfide) groups is 1. The van der Waals surface area contributed by atoms with Gasteiger partial charge in [-0.3, -0.25) is 9.89 Å². The van der Waals surface area contributed by atoms with Crippen molar-refractivity contribution in [1.29, 1.82) is 0 Å². The molecule has 2 rings (SSSR count). The highest BCUT2D eigenvalue weighted by atomic mass is 127. The summed E-state index contributed by atoms with van der Waals surface area (Å²) in [4.78, 5) is 6.90. The van der Waals surface area contributed by atoms with E-state index in [0.29, 0.717) is 18.1 Å². The maximum atomic E-state index is 5.52. The van der Waals surface area contributed by atoms with E-state index in [1.165, 1.54) is 19.3 Å². The third-order valence-electron chi connectivity index (χ3n) is 4.83. The number of hydrogen-bond acceptors (Lipinski definition) is 4. The fraction of sp³-hybridized carbons (Fsp3) is 0.938. The topological polar surface area (TPSA) is 48.9 Å². The molecule has 5 nitrogen and oxygen atoms in total. The van der Waals surface area contributed by atoms with E-state index in [1.54, 1.807) is 0 Å². The van der Waals surface area contributed by atoms with Crippen LogP contribution in [0.3, 0.4) is 0 Å². The Balaban J connectivity index is 0.00000264. The Morgan fingerprint density at radius 2 is 2.22 bits per heavy atom. The van der Waals surface area contributed by atoms with Gasteiger partial charge in [0.1, 0.15) is 0 Å². The number of guanidine groups is 1. The molecule has 0 aromatic carbocycles. The number of halogens is 1. The summed E-state index contributed by atoms with van der Waals surface area (Å²) in [5.74, 6) is 0.944. The fourth-order valence-electron chi connectivity index (χ4n) is 3.43. The van der Waals surface area contributed by atoms with Gasteiger partial charge in [0.15, 0.2) is 5.96 Å². The van der Waals surface area contributed by atoms with Gasteiger partial charge in [0.05, 0.1) is 13.2 Å². The highest BCUT2D eigenvalue weighted by Crippen LogP contribution is 2.27. The van der Waals surface area contributed by atoms with Gasteiger partial charge in [-0.1, -0.05) is 0 Å². The Morgan fingerprint density at radius 1 is 1.43 bits per heavy atom. The minimum absolute atomic E-state index is 0. The summed E-state index contributed by atoms with van der Waals surface area (Å²) in [5.41, 5.74) is 0. The summed E-state index contributed by atoms with van der Waals surface area (Å²) in [5, 5.41) is 7.89. The fourth-order valence-corrected chi connectivity index (χ4v) is 4.23. The molecule has 1 aliphatic heterocycles. The van der Waals surface area contributed by atoms with Crippen molar-refractivity contribution in [2.75, 3.05) is 39.6 Å². The van der Waals surface area contributed by atoms with Gasteiger partial charge >= 0.3 is 0 Å². The van der Waals surface area contributed by atoms with Crippen LogP contribution in [0.2, 0.25) is 0 Å². The van der Waals surface area contributed by atoms with E-state index in [4.69, 9.17) is 4.74 Å². The molecule has 0 aromatic heterocycles. The third-order valence-corrected chi connectivity index (χ3v) is 5.93. The maximum Gasteiger partial charge on any atom is 0.191 e. The molecule has 23 heavy (non-hydrogen) atoms. The molecular formula is C16H33IN4OS. The predicted octanol–water partition coefficient (Wildman–Crippen LogP) is 2.16. The first kappa shape index (κ1) is 21.3. The maximum absolute atomic E-state index is 5.52. The molecule has 2 N–H and O–H groups in total. The molecule has 1 saturated heterocycles. The minimum Gasteiger partial charge on any atom is -0.379 e. The molecule has 0 radical (unpaired) electrons. The van der Waals surface area contributed by atoms with Crippen molar-refractivity contribution < 1.29 is 4.74 Å². The second-order valence-corrected chi connectivity index (χ2v) is 7.61. The van der Waals surface area contributed by atoms with Crippen molar-refractivity contribution in [3.8, 4) is 0 Å². The molecule has 0 bridgehead atoms. The summed E-state index contributed by atoms with van der Waals surface area (Å²) >= 11 is 1.99. The van der Waals surface area contributed by atoms with Crippen molar-refractivity contribution in [3.05, 3.63) is 0 Å². The first-order chi connectivity index (χ1) is 10.6. The molecule has 4 atom stereocenters. The van der Waals surface area contributed by atoms with Crippen LogP contribution in [-0.2, 0) is 4.74 Å². The Hall–Kier alpha value is 0.270. The van der Waals surface area contributed by atoms with Crippen molar-refractivity contribution in [3.63, 3.8) is 0 Å². The van der Waals surface area contributed by atoms with Crippen LogP contribution in [0, 0.1) is 0 Å². The molecule has 4 unspecified atom stereocenters. The van der Waals surface area contributed by atoms with Gasteiger partial charge in [-0.05, 0) is 39.4 Å². The normalized spacial score (nSPS) is 30.6. The average Bonchev–Trinajstić information content (AvgIpc) is 2.99. The summed E-state index contributed by atoms with van der Waals surface area (Å²) in [7, 11) is 1.86. The van der Waals surface area contributed by atoms with E-state index in [2.05, 4.69) is 40.6 Å². The van der Waals surface area contributed by atoms with Crippen LogP contribution in [0.1, 0.15) is 33.1 Å². The smallest absolute Gasteiger partial charge is 0.191 e. The van der Waals surface area contributed by atoms with E-state index in [-0.39, 0.29) is 24.0 Å². The number of hydrogen-bond donors (Lipinski definition) is 2. The molecule has 0 amide bonds. The molecule has 7 heteroatoms. The lowest BCUT2D eigenvalue weighted by Gasteiger charge is -2.38.